The van der Waals surface area contributed by atoms with Crippen LogP contribution in [-0.2, 0) is 17.9 Å². The molecule has 0 aliphatic heterocycles. The molecule has 0 fully saturated rings. The zero-order valence-corrected chi connectivity index (χ0v) is 21.9. The van der Waals surface area contributed by atoms with Gasteiger partial charge in [0.1, 0.15) is 23.6 Å². The summed E-state index contributed by atoms with van der Waals surface area (Å²) < 4.78 is 10.9. The van der Waals surface area contributed by atoms with Crippen LogP contribution in [0.5, 0.6) is 11.5 Å². The molecule has 1 heterocycles. The van der Waals surface area contributed by atoms with Gasteiger partial charge < -0.3 is 19.3 Å². The minimum absolute atomic E-state index is 0.0355. The van der Waals surface area contributed by atoms with E-state index in [1.54, 1.807) is 34.4 Å². The summed E-state index contributed by atoms with van der Waals surface area (Å²) in [6, 6.07) is 19.1. The van der Waals surface area contributed by atoms with E-state index in [-0.39, 0.29) is 24.4 Å². The molecule has 1 aromatic heterocycles. The van der Waals surface area contributed by atoms with Crippen molar-refractivity contribution in [2.75, 3.05) is 20.8 Å². The monoisotopic (exact) mass is 494 g/mol. The van der Waals surface area contributed by atoms with Crippen LogP contribution < -0.4 is 9.47 Å². The first-order chi connectivity index (χ1) is 16.9. The van der Waals surface area contributed by atoms with Gasteiger partial charge in [0.15, 0.2) is 0 Å². The van der Waals surface area contributed by atoms with E-state index in [0.29, 0.717) is 36.6 Å². The Bertz CT molecular complexity index is 1110. The number of aryl methyl sites for hydroxylation is 1. The van der Waals surface area contributed by atoms with Crippen LogP contribution in [0.1, 0.15) is 45.9 Å². The van der Waals surface area contributed by atoms with Crippen molar-refractivity contribution in [3.63, 3.8) is 0 Å². The van der Waals surface area contributed by atoms with Gasteiger partial charge in [0.05, 0.1) is 20.8 Å². The Morgan fingerprint density at radius 2 is 1.57 bits per heavy atom. The van der Waals surface area contributed by atoms with Crippen molar-refractivity contribution >= 4 is 23.2 Å². The molecule has 0 aliphatic rings. The summed E-state index contributed by atoms with van der Waals surface area (Å²) in [4.78, 5) is 33.2. The molecule has 6 nitrogen and oxygen atoms in total. The summed E-state index contributed by atoms with van der Waals surface area (Å²) in [5, 5.41) is 0. The fourth-order valence-corrected chi connectivity index (χ4v) is 4.80. The lowest BCUT2D eigenvalue weighted by Crippen LogP contribution is -2.46. The van der Waals surface area contributed by atoms with Gasteiger partial charge in [0, 0.05) is 22.3 Å². The number of ether oxygens (including phenoxy) is 2. The van der Waals surface area contributed by atoms with Gasteiger partial charge in [-0.1, -0.05) is 43.3 Å². The highest BCUT2D eigenvalue weighted by Crippen LogP contribution is 2.30. The van der Waals surface area contributed by atoms with Gasteiger partial charge in [-0.3, -0.25) is 9.59 Å². The molecule has 0 spiro atoms. The van der Waals surface area contributed by atoms with E-state index in [4.69, 9.17) is 9.47 Å². The summed E-state index contributed by atoms with van der Waals surface area (Å²) in [5.41, 5.74) is 1.37. The Morgan fingerprint density at radius 3 is 2.11 bits per heavy atom. The lowest BCUT2D eigenvalue weighted by Gasteiger charge is -2.32. The largest absolute Gasteiger partial charge is 0.496 e. The summed E-state index contributed by atoms with van der Waals surface area (Å²) >= 11 is 1.68. The van der Waals surface area contributed by atoms with Gasteiger partial charge in [-0.15, -0.1) is 11.3 Å². The third kappa shape index (κ3) is 6.63. The molecule has 1 unspecified atom stereocenters. The van der Waals surface area contributed by atoms with Gasteiger partial charge in [-0.25, -0.2) is 0 Å². The van der Waals surface area contributed by atoms with Crippen molar-refractivity contribution in [1.82, 2.24) is 9.80 Å². The Balaban J connectivity index is 1.91. The molecule has 0 bridgehead atoms. The van der Waals surface area contributed by atoms with Crippen LogP contribution in [0.15, 0.2) is 60.7 Å². The van der Waals surface area contributed by atoms with Crippen LogP contribution in [0.2, 0.25) is 0 Å². The van der Waals surface area contributed by atoms with Crippen molar-refractivity contribution in [2.45, 2.75) is 46.3 Å². The van der Waals surface area contributed by atoms with Crippen molar-refractivity contribution in [3.05, 3.63) is 81.5 Å². The second-order valence-corrected chi connectivity index (χ2v) is 9.85. The van der Waals surface area contributed by atoms with Crippen LogP contribution in [-0.4, -0.2) is 48.4 Å². The summed E-state index contributed by atoms with van der Waals surface area (Å²) in [7, 11) is 3.05. The Morgan fingerprint density at radius 1 is 0.914 bits per heavy atom. The standard InChI is InChI=1S/C28H34N2O4S/c1-6-20(2)30(28(32)27-24(33-4)13-10-14-25(27)34-5)19-26(31)29(17-22-11-8-7-9-12-22)18-23-16-15-21(3)35-23/h7-16,20H,6,17-19H2,1-5H3. The highest BCUT2D eigenvalue weighted by molar-refractivity contribution is 7.11. The maximum Gasteiger partial charge on any atom is 0.262 e. The molecule has 0 aliphatic carbocycles. The summed E-state index contributed by atoms with van der Waals surface area (Å²) in [6.45, 7) is 6.94. The van der Waals surface area contributed by atoms with E-state index in [2.05, 4.69) is 19.1 Å². The van der Waals surface area contributed by atoms with Gasteiger partial charge in [-0.2, -0.15) is 0 Å². The number of carbonyl (C=O) groups is 2. The van der Waals surface area contributed by atoms with E-state index in [0.717, 1.165) is 10.4 Å². The molecule has 3 aromatic rings. The maximum absolute atomic E-state index is 13.8. The number of nitrogens with zero attached hydrogens (tertiary/aromatic N) is 2. The number of rotatable bonds is 11. The van der Waals surface area contributed by atoms with Gasteiger partial charge in [0.2, 0.25) is 5.91 Å². The maximum atomic E-state index is 13.8. The lowest BCUT2D eigenvalue weighted by atomic mass is 10.1. The molecular formula is C28H34N2O4S. The molecule has 35 heavy (non-hydrogen) atoms. The number of amides is 2. The topological polar surface area (TPSA) is 59.1 Å². The quantitative estimate of drug-likeness (QED) is 0.351. The predicted octanol–water partition coefficient (Wildman–Crippen LogP) is 5.54. The zero-order valence-electron chi connectivity index (χ0n) is 21.1. The second-order valence-electron chi connectivity index (χ2n) is 8.48. The van der Waals surface area contributed by atoms with E-state index >= 15 is 0 Å². The zero-order chi connectivity index (χ0) is 25.4. The normalized spacial score (nSPS) is 11.6. The number of hydrogen-bond donors (Lipinski definition) is 0. The minimum Gasteiger partial charge on any atom is -0.496 e. The van der Waals surface area contributed by atoms with Crippen LogP contribution >= 0.6 is 11.3 Å². The third-order valence-corrected chi connectivity index (χ3v) is 7.03. The Hall–Kier alpha value is -3.32. The number of thiophene rings is 1. The van der Waals surface area contributed by atoms with E-state index in [1.807, 2.05) is 49.1 Å². The van der Waals surface area contributed by atoms with Crippen LogP contribution in [0.4, 0.5) is 0 Å². The highest BCUT2D eigenvalue weighted by Gasteiger charge is 2.30. The Kier molecular flexibility index (Phi) is 9.32. The SMILES string of the molecule is CCC(C)N(CC(=O)N(Cc1ccccc1)Cc1ccc(C)s1)C(=O)c1c(OC)cccc1OC. The van der Waals surface area contributed by atoms with Crippen molar-refractivity contribution in [3.8, 4) is 11.5 Å². The summed E-state index contributed by atoms with van der Waals surface area (Å²) in [6.07, 6.45) is 0.708. The predicted molar refractivity (Wildman–Crippen MR) is 140 cm³/mol. The number of benzene rings is 2. The van der Waals surface area contributed by atoms with Crippen LogP contribution in [0.3, 0.4) is 0 Å². The molecule has 186 valence electrons. The molecule has 1 atom stereocenters. The fraction of sp³-hybridized carbons (Fsp3) is 0.357. The molecule has 0 saturated carbocycles. The molecule has 2 aromatic carbocycles. The first-order valence-corrected chi connectivity index (χ1v) is 12.6. The summed E-state index contributed by atoms with van der Waals surface area (Å²) in [5.74, 6) is 0.451. The van der Waals surface area contributed by atoms with E-state index in [9.17, 15) is 9.59 Å². The van der Waals surface area contributed by atoms with Crippen LogP contribution in [0.25, 0.3) is 0 Å². The molecule has 2 amide bonds. The van der Waals surface area contributed by atoms with Crippen molar-refractivity contribution in [1.29, 1.82) is 0 Å². The van der Waals surface area contributed by atoms with Crippen molar-refractivity contribution in [2.24, 2.45) is 0 Å². The Labute approximate surface area is 212 Å². The highest BCUT2D eigenvalue weighted by atomic mass is 32.1. The van der Waals surface area contributed by atoms with Crippen molar-refractivity contribution < 1.29 is 19.1 Å². The van der Waals surface area contributed by atoms with Gasteiger partial charge >= 0.3 is 0 Å². The second kappa shape index (κ2) is 12.4. The van der Waals surface area contributed by atoms with Gasteiger partial charge in [0.25, 0.3) is 5.91 Å². The smallest absolute Gasteiger partial charge is 0.262 e. The minimum atomic E-state index is -0.284. The average molecular weight is 495 g/mol. The molecular weight excluding hydrogens is 460 g/mol. The number of methoxy groups -OCH3 is 2. The molecule has 3 rings (SSSR count). The lowest BCUT2D eigenvalue weighted by molar-refractivity contribution is -0.133. The average Bonchev–Trinajstić information content (AvgIpc) is 3.30. The molecule has 7 heteroatoms. The van der Waals surface area contributed by atoms with E-state index in [1.165, 1.54) is 19.1 Å². The fourth-order valence-electron chi connectivity index (χ4n) is 3.89. The third-order valence-electron chi connectivity index (χ3n) is 6.04. The van der Waals surface area contributed by atoms with Crippen LogP contribution in [0, 0.1) is 6.92 Å². The van der Waals surface area contributed by atoms with Gasteiger partial charge in [-0.05, 0) is 50.1 Å². The van der Waals surface area contributed by atoms with E-state index < -0.39 is 0 Å². The molecule has 0 N–H and O–H groups in total. The molecule has 0 saturated heterocycles. The number of hydrogen-bond acceptors (Lipinski definition) is 5. The number of carbonyl (C=O) groups excluding carboxylic acids is 2. The first kappa shape index (κ1) is 26.3. The molecule has 0 radical (unpaired) electrons. The first-order valence-electron chi connectivity index (χ1n) is 11.8.